The van der Waals surface area contributed by atoms with E-state index in [0.717, 1.165) is 10.7 Å². The lowest BCUT2D eigenvalue weighted by Crippen LogP contribution is -2.06. The molecule has 2 aromatic heterocycles. The minimum Gasteiger partial charge on any atom is -0.327 e. The molecule has 0 saturated heterocycles. The van der Waals surface area contributed by atoms with Gasteiger partial charge in [-0.05, 0) is 12.3 Å². The zero-order valence-corrected chi connectivity index (χ0v) is 10.0. The summed E-state index contributed by atoms with van der Waals surface area (Å²) >= 11 is 1.68. The number of rotatable bonds is 1. The van der Waals surface area contributed by atoms with Crippen LogP contribution >= 0.6 is 11.3 Å². The molecule has 1 aliphatic carbocycles. The fraction of sp³-hybridized carbons (Fsp3) is 0.545. The molecule has 2 heterocycles. The molecule has 0 aromatic carbocycles. The van der Waals surface area contributed by atoms with Gasteiger partial charge in [0.05, 0.1) is 11.4 Å². The summed E-state index contributed by atoms with van der Waals surface area (Å²) in [6.07, 6.45) is 2.09. The molecule has 2 atom stereocenters. The van der Waals surface area contributed by atoms with Gasteiger partial charge < -0.3 is 5.73 Å². The van der Waals surface area contributed by atoms with E-state index >= 15 is 0 Å². The van der Waals surface area contributed by atoms with Gasteiger partial charge in [0.2, 0.25) is 0 Å². The molecular formula is C11H15N3S. The normalized spacial score (nSPS) is 28.5. The summed E-state index contributed by atoms with van der Waals surface area (Å²) < 4.78 is 2.19. The molecule has 0 bridgehead atoms. The van der Waals surface area contributed by atoms with Gasteiger partial charge in [0.1, 0.15) is 0 Å². The number of thiazole rings is 1. The van der Waals surface area contributed by atoms with Crippen molar-refractivity contribution in [2.24, 2.45) is 11.1 Å². The third-order valence-corrected chi connectivity index (χ3v) is 4.44. The Morgan fingerprint density at radius 1 is 1.53 bits per heavy atom. The van der Waals surface area contributed by atoms with Gasteiger partial charge in [0.25, 0.3) is 0 Å². The maximum atomic E-state index is 6.13. The Morgan fingerprint density at radius 3 is 2.80 bits per heavy atom. The van der Waals surface area contributed by atoms with Crippen LogP contribution in [0, 0.1) is 12.3 Å². The molecule has 3 rings (SSSR count). The lowest BCUT2D eigenvalue weighted by molar-refractivity contribution is 0.593. The zero-order chi connectivity index (χ0) is 10.8. The van der Waals surface area contributed by atoms with Crippen molar-refractivity contribution < 1.29 is 0 Å². The second-order valence-corrected chi connectivity index (χ2v) is 5.84. The Kier molecular flexibility index (Phi) is 1.64. The Balaban J connectivity index is 2.19. The third kappa shape index (κ3) is 1.06. The lowest BCUT2D eigenvalue weighted by atomic mass is 10.1. The van der Waals surface area contributed by atoms with E-state index in [0.29, 0.717) is 5.92 Å². The molecular weight excluding hydrogens is 206 g/mol. The largest absolute Gasteiger partial charge is 0.327 e. The van der Waals surface area contributed by atoms with Crippen molar-refractivity contribution in [2.45, 2.75) is 32.7 Å². The number of nitrogens with zero attached hydrogens (tertiary/aromatic N) is 2. The smallest absolute Gasteiger partial charge is 0.194 e. The van der Waals surface area contributed by atoms with E-state index in [1.165, 1.54) is 5.69 Å². The monoisotopic (exact) mass is 221 g/mol. The molecule has 1 aliphatic rings. The van der Waals surface area contributed by atoms with Gasteiger partial charge in [-0.15, -0.1) is 11.3 Å². The third-order valence-electron chi connectivity index (χ3n) is 3.69. The summed E-state index contributed by atoms with van der Waals surface area (Å²) in [5.41, 5.74) is 8.79. The van der Waals surface area contributed by atoms with Gasteiger partial charge >= 0.3 is 0 Å². The molecule has 80 valence electrons. The van der Waals surface area contributed by atoms with E-state index in [2.05, 4.69) is 41.7 Å². The van der Waals surface area contributed by atoms with Crippen LogP contribution in [-0.4, -0.2) is 15.4 Å². The van der Waals surface area contributed by atoms with Crippen molar-refractivity contribution in [1.29, 1.82) is 0 Å². The van der Waals surface area contributed by atoms with E-state index in [1.54, 1.807) is 11.3 Å². The summed E-state index contributed by atoms with van der Waals surface area (Å²) in [7, 11) is 0. The highest BCUT2D eigenvalue weighted by molar-refractivity contribution is 7.15. The van der Waals surface area contributed by atoms with E-state index < -0.39 is 0 Å². The standard InChI is InChI=1S/C11H15N3S/c1-6-8(7-9(12)11(7,2)3)14-4-5-15-10(14)13-6/h4-5,7,9H,12H2,1-3H3/t7-,9-/m0/s1. The fourth-order valence-electron chi connectivity index (χ4n) is 2.49. The summed E-state index contributed by atoms with van der Waals surface area (Å²) in [5, 5.41) is 2.08. The Labute approximate surface area is 92.9 Å². The number of fused-ring (bicyclic) bond motifs is 1. The van der Waals surface area contributed by atoms with E-state index in [4.69, 9.17) is 5.73 Å². The summed E-state index contributed by atoms with van der Waals surface area (Å²) in [5.74, 6) is 0.460. The molecule has 1 saturated carbocycles. The van der Waals surface area contributed by atoms with Crippen molar-refractivity contribution in [1.82, 2.24) is 9.38 Å². The molecule has 15 heavy (non-hydrogen) atoms. The topological polar surface area (TPSA) is 43.3 Å². The molecule has 0 spiro atoms. The van der Waals surface area contributed by atoms with Crippen LogP contribution in [0.3, 0.4) is 0 Å². The molecule has 0 aliphatic heterocycles. The predicted molar refractivity (Wildman–Crippen MR) is 62.3 cm³/mol. The van der Waals surface area contributed by atoms with Crippen LogP contribution in [0.1, 0.15) is 31.2 Å². The predicted octanol–water partition coefficient (Wildman–Crippen LogP) is 2.15. The maximum Gasteiger partial charge on any atom is 0.194 e. The van der Waals surface area contributed by atoms with E-state index in [-0.39, 0.29) is 11.5 Å². The van der Waals surface area contributed by atoms with Gasteiger partial charge in [0, 0.05) is 23.5 Å². The highest BCUT2D eigenvalue weighted by atomic mass is 32.1. The average molecular weight is 221 g/mol. The first-order valence-corrected chi connectivity index (χ1v) is 6.09. The van der Waals surface area contributed by atoms with Crippen molar-refractivity contribution >= 4 is 16.3 Å². The van der Waals surface area contributed by atoms with Gasteiger partial charge in [-0.3, -0.25) is 4.40 Å². The quantitative estimate of drug-likeness (QED) is 0.802. The van der Waals surface area contributed by atoms with Gasteiger partial charge in [-0.2, -0.15) is 0 Å². The molecule has 2 aromatic rings. The molecule has 0 radical (unpaired) electrons. The average Bonchev–Trinajstić information content (AvgIpc) is 2.59. The molecule has 4 heteroatoms. The van der Waals surface area contributed by atoms with Gasteiger partial charge in [-0.1, -0.05) is 13.8 Å². The molecule has 0 amide bonds. The minimum absolute atomic E-state index is 0.225. The molecule has 1 fully saturated rings. The summed E-state index contributed by atoms with van der Waals surface area (Å²) in [6.45, 7) is 6.54. The SMILES string of the molecule is Cc1nc2sccn2c1[C@H]1[C@H](N)C1(C)C. The number of aryl methyl sites for hydroxylation is 1. The van der Waals surface area contributed by atoms with Crippen LogP contribution in [0.5, 0.6) is 0 Å². The molecule has 2 N–H and O–H groups in total. The first-order valence-electron chi connectivity index (χ1n) is 5.21. The molecule has 3 nitrogen and oxygen atoms in total. The Bertz CT molecular complexity index is 523. The van der Waals surface area contributed by atoms with Gasteiger partial charge in [0.15, 0.2) is 4.96 Å². The number of hydrogen-bond acceptors (Lipinski definition) is 3. The van der Waals surface area contributed by atoms with Crippen LogP contribution in [0.15, 0.2) is 11.6 Å². The first-order chi connectivity index (χ1) is 7.03. The highest BCUT2D eigenvalue weighted by Crippen LogP contribution is 2.57. The number of nitrogens with two attached hydrogens (primary N) is 1. The first kappa shape index (κ1) is 9.36. The van der Waals surface area contributed by atoms with Crippen LogP contribution in [0.25, 0.3) is 4.96 Å². The number of hydrogen-bond donors (Lipinski definition) is 1. The van der Waals surface area contributed by atoms with Crippen molar-refractivity contribution in [3.63, 3.8) is 0 Å². The van der Waals surface area contributed by atoms with Crippen LogP contribution in [0.2, 0.25) is 0 Å². The minimum atomic E-state index is 0.225. The second-order valence-electron chi connectivity index (χ2n) is 4.96. The molecule has 0 unspecified atom stereocenters. The van der Waals surface area contributed by atoms with Crippen molar-refractivity contribution in [3.8, 4) is 0 Å². The highest BCUT2D eigenvalue weighted by Gasteiger charge is 2.58. The van der Waals surface area contributed by atoms with Crippen molar-refractivity contribution in [3.05, 3.63) is 23.0 Å². The summed E-state index contributed by atoms with van der Waals surface area (Å²) in [6, 6.07) is 0.274. The Hall–Kier alpha value is -0.870. The Morgan fingerprint density at radius 2 is 2.20 bits per heavy atom. The second kappa shape index (κ2) is 2.62. The van der Waals surface area contributed by atoms with Gasteiger partial charge in [-0.25, -0.2) is 4.98 Å². The fourth-order valence-corrected chi connectivity index (χ4v) is 3.25. The number of imidazole rings is 1. The van der Waals surface area contributed by atoms with E-state index in [9.17, 15) is 0 Å². The van der Waals surface area contributed by atoms with Crippen LogP contribution in [-0.2, 0) is 0 Å². The van der Waals surface area contributed by atoms with Crippen LogP contribution in [0.4, 0.5) is 0 Å². The maximum absolute atomic E-state index is 6.13. The lowest BCUT2D eigenvalue weighted by Gasteiger charge is -2.02. The van der Waals surface area contributed by atoms with Crippen LogP contribution < -0.4 is 5.73 Å². The van der Waals surface area contributed by atoms with Crippen molar-refractivity contribution in [2.75, 3.05) is 0 Å². The summed E-state index contributed by atoms with van der Waals surface area (Å²) in [4.78, 5) is 5.64. The number of aromatic nitrogens is 2. The van der Waals surface area contributed by atoms with E-state index in [1.807, 2.05) is 0 Å². The zero-order valence-electron chi connectivity index (χ0n) is 9.19.